The summed E-state index contributed by atoms with van der Waals surface area (Å²) in [4.78, 5) is 6.97. The van der Waals surface area contributed by atoms with Gasteiger partial charge >= 0.3 is 0 Å². The Morgan fingerprint density at radius 2 is 1.83 bits per heavy atom. The van der Waals surface area contributed by atoms with Crippen LogP contribution in [0.5, 0.6) is 0 Å². The van der Waals surface area contributed by atoms with Crippen molar-refractivity contribution in [3.05, 3.63) is 83.9 Å². The molecule has 1 saturated carbocycles. The van der Waals surface area contributed by atoms with Gasteiger partial charge in [-0.3, -0.25) is 4.98 Å². The smallest absolute Gasteiger partial charge is 0.174 e. The van der Waals surface area contributed by atoms with Gasteiger partial charge in [0.05, 0.1) is 11.7 Å². The van der Waals surface area contributed by atoms with Crippen molar-refractivity contribution in [2.24, 2.45) is 0 Å². The SMILES string of the molecule is CCc1ccc(N2C(=S)NC(c3ccccn3)C2c2cccn2C2CCCC2)cc1. The molecule has 5 heteroatoms. The first-order chi connectivity index (χ1) is 14.8. The molecule has 3 heterocycles. The first kappa shape index (κ1) is 19.3. The Hall–Kier alpha value is -2.66. The van der Waals surface area contributed by atoms with Crippen LogP contribution in [0.2, 0.25) is 0 Å². The van der Waals surface area contributed by atoms with E-state index in [1.807, 2.05) is 12.3 Å². The summed E-state index contributed by atoms with van der Waals surface area (Å²) in [6.45, 7) is 2.19. The number of thiocarbonyl (C=S) groups is 1. The van der Waals surface area contributed by atoms with Crippen molar-refractivity contribution >= 4 is 23.0 Å². The Morgan fingerprint density at radius 3 is 2.53 bits per heavy atom. The Balaban J connectivity index is 1.60. The standard InChI is InChI=1S/C25H28N4S/c1-2-18-12-14-20(15-13-18)29-24(22-11-7-17-28(22)19-8-3-4-9-19)23(27-25(29)30)21-10-5-6-16-26-21/h5-7,10-17,19,23-24H,2-4,8-9H2,1H3,(H,27,30). The normalized spacial score (nSPS) is 21.9. The van der Waals surface area contributed by atoms with Crippen LogP contribution in [-0.2, 0) is 6.42 Å². The fourth-order valence-corrected chi connectivity index (χ4v) is 5.34. The molecule has 30 heavy (non-hydrogen) atoms. The molecule has 3 aromatic rings. The zero-order valence-corrected chi connectivity index (χ0v) is 18.2. The second kappa shape index (κ2) is 8.23. The van der Waals surface area contributed by atoms with Crippen molar-refractivity contribution in [2.75, 3.05) is 4.90 Å². The highest BCUT2D eigenvalue weighted by atomic mass is 32.1. The molecule has 1 aromatic carbocycles. The average molecular weight is 417 g/mol. The van der Waals surface area contributed by atoms with Gasteiger partial charge in [-0.15, -0.1) is 0 Å². The lowest BCUT2D eigenvalue weighted by molar-refractivity contribution is 0.461. The number of rotatable bonds is 5. The average Bonchev–Trinajstić information content (AvgIpc) is 3.53. The number of benzene rings is 1. The van der Waals surface area contributed by atoms with Gasteiger partial charge < -0.3 is 14.8 Å². The Kier molecular flexibility index (Phi) is 5.30. The molecule has 154 valence electrons. The molecule has 2 aliphatic rings. The number of pyridine rings is 1. The summed E-state index contributed by atoms with van der Waals surface area (Å²) < 4.78 is 2.50. The molecule has 0 amide bonds. The van der Waals surface area contributed by atoms with Gasteiger partial charge in [0.1, 0.15) is 6.04 Å². The lowest BCUT2D eigenvalue weighted by Gasteiger charge is -2.30. The predicted octanol–water partition coefficient (Wildman–Crippen LogP) is 5.74. The molecule has 1 saturated heterocycles. The van der Waals surface area contributed by atoms with E-state index in [9.17, 15) is 0 Å². The highest BCUT2D eigenvalue weighted by Crippen LogP contribution is 2.43. The fourth-order valence-electron chi connectivity index (χ4n) is 5.00. The summed E-state index contributed by atoms with van der Waals surface area (Å²) in [6, 6.07) is 20.0. The molecule has 1 N–H and O–H groups in total. The van der Waals surface area contributed by atoms with Crippen LogP contribution in [0.1, 0.15) is 67.7 Å². The molecular formula is C25H28N4S. The largest absolute Gasteiger partial charge is 0.351 e. The number of hydrogen-bond acceptors (Lipinski definition) is 2. The molecule has 1 aliphatic carbocycles. The van der Waals surface area contributed by atoms with Gasteiger partial charge in [0.25, 0.3) is 0 Å². The summed E-state index contributed by atoms with van der Waals surface area (Å²) in [5, 5.41) is 4.35. The van der Waals surface area contributed by atoms with Gasteiger partial charge in [0.2, 0.25) is 0 Å². The van der Waals surface area contributed by atoms with Gasteiger partial charge in [0.15, 0.2) is 5.11 Å². The zero-order valence-electron chi connectivity index (χ0n) is 17.4. The number of aryl methyl sites for hydroxylation is 1. The van der Waals surface area contributed by atoms with Gasteiger partial charge in [-0.2, -0.15) is 0 Å². The first-order valence-electron chi connectivity index (χ1n) is 11.0. The van der Waals surface area contributed by atoms with Crippen molar-refractivity contribution in [3.63, 3.8) is 0 Å². The molecule has 2 atom stereocenters. The molecule has 4 nitrogen and oxygen atoms in total. The zero-order chi connectivity index (χ0) is 20.5. The fraction of sp³-hybridized carbons (Fsp3) is 0.360. The molecule has 0 bridgehead atoms. The summed E-state index contributed by atoms with van der Waals surface area (Å²) >= 11 is 5.87. The van der Waals surface area contributed by atoms with E-state index in [0.29, 0.717) is 6.04 Å². The highest BCUT2D eigenvalue weighted by Gasteiger charge is 2.42. The Labute approximate surface area is 183 Å². The van der Waals surface area contributed by atoms with Gasteiger partial charge in [-0.25, -0.2) is 0 Å². The van der Waals surface area contributed by atoms with Crippen LogP contribution in [-0.4, -0.2) is 14.7 Å². The van der Waals surface area contributed by atoms with E-state index in [1.54, 1.807) is 0 Å². The Morgan fingerprint density at radius 1 is 1.03 bits per heavy atom. The minimum Gasteiger partial charge on any atom is -0.351 e. The minimum absolute atomic E-state index is 0.0135. The predicted molar refractivity (Wildman–Crippen MR) is 126 cm³/mol. The quantitative estimate of drug-likeness (QED) is 0.538. The third-order valence-corrected chi connectivity index (χ3v) is 6.87. The number of nitrogens with one attached hydrogen (secondary N) is 1. The maximum atomic E-state index is 5.87. The topological polar surface area (TPSA) is 33.1 Å². The van der Waals surface area contributed by atoms with Crippen molar-refractivity contribution in [1.29, 1.82) is 0 Å². The molecule has 0 spiro atoms. The number of anilines is 1. The summed E-state index contributed by atoms with van der Waals surface area (Å²) in [6.07, 6.45) is 10.3. The molecule has 0 radical (unpaired) electrons. The summed E-state index contributed by atoms with van der Waals surface area (Å²) in [7, 11) is 0. The van der Waals surface area contributed by atoms with Crippen molar-refractivity contribution < 1.29 is 0 Å². The van der Waals surface area contributed by atoms with Gasteiger partial charge in [0, 0.05) is 29.8 Å². The van der Waals surface area contributed by atoms with E-state index < -0.39 is 0 Å². The van der Waals surface area contributed by atoms with E-state index in [0.717, 1.165) is 22.9 Å². The van der Waals surface area contributed by atoms with Crippen LogP contribution < -0.4 is 10.2 Å². The van der Waals surface area contributed by atoms with Crippen LogP contribution in [0, 0.1) is 0 Å². The van der Waals surface area contributed by atoms with Crippen LogP contribution in [0.15, 0.2) is 67.0 Å². The molecule has 1 aliphatic heterocycles. The van der Waals surface area contributed by atoms with E-state index in [1.165, 1.54) is 36.9 Å². The van der Waals surface area contributed by atoms with E-state index >= 15 is 0 Å². The molecule has 2 unspecified atom stereocenters. The van der Waals surface area contributed by atoms with E-state index in [-0.39, 0.29) is 12.1 Å². The number of nitrogens with zero attached hydrogens (tertiary/aromatic N) is 3. The monoisotopic (exact) mass is 416 g/mol. The minimum atomic E-state index is 0.0135. The molecular weight excluding hydrogens is 388 g/mol. The maximum Gasteiger partial charge on any atom is 0.174 e. The van der Waals surface area contributed by atoms with Crippen LogP contribution in [0.4, 0.5) is 5.69 Å². The summed E-state index contributed by atoms with van der Waals surface area (Å²) in [5.74, 6) is 0. The van der Waals surface area contributed by atoms with Crippen LogP contribution in [0.3, 0.4) is 0 Å². The Bertz CT molecular complexity index is 1010. The van der Waals surface area contributed by atoms with Crippen molar-refractivity contribution in [2.45, 2.75) is 57.2 Å². The van der Waals surface area contributed by atoms with Crippen LogP contribution in [0.25, 0.3) is 0 Å². The third-order valence-electron chi connectivity index (χ3n) is 6.55. The lowest BCUT2D eigenvalue weighted by atomic mass is 10.00. The highest BCUT2D eigenvalue weighted by molar-refractivity contribution is 7.80. The third kappa shape index (κ3) is 3.41. The second-order valence-electron chi connectivity index (χ2n) is 8.30. The van der Waals surface area contributed by atoms with E-state index in [4.69, 9.17) is 12.2 Å². The van der Waals surface area contributed by atoms with E-state index in [2.05, 4.69) is 81.4 Å². The van der Waals surface area contributed by atoms with Gasteiger partial charge in [-0.1, -0.05) is 38.0 Å². The first-order valence-corrected chi connectivity index (χ1v) is 11.4. The van der Waals surface area contributed by atoms with Crippen molar-refractivity contribution in [3.8, 4) is 0 Å². The molecule has 5 rings (SSSR count). The summed E-state index contributed by atoms with van der Waals surface area (Å²) in [5.41, 5.74) is 4.80. The van der Waals surface area contributed by atoms with Gasteiger partial charge in [-0.05, 0) is 73.4 Å². The van der Waals surface area contributed by atoms with Crippen molar-refractivity contribution in [1.82, 2.24) is 14.9 Å². The number of aromatic nitrogens is 2. The molecule has 2 fully saturated rings. The second-order valence-corrected chi connectivity index (χ2v) is 8.68. The lowest BCUT2D eigenvalue weighted by Crippen LogP contribution is -2.30. The molecule has 2 aromatic heterocycles. The number of hydrogen-bond donors (Lipinski definition) is 1. The maximum absolute atomic E-state index is 5.87. The van der Waals surface area contributed by atoms with Crippen LogP contribution >= 0.6 is 12.2 Å².